The van der Waals surface area contributed by atoms with Gasteiger partial charge in [-0.25, -0.2) is 0 Å². The number of halogens is 1. The smallest absolute Gasteiger partial charge is 0.243 e. The molecule has 21 heavy (non-hydrogen) atoms. The summed E-state index contributed by atoms with van der Waals surface area (Å²) in [6, 6.07) is 17.5. The van der Waals surface area contributed by atoms with Crippen molar-refractivity contribution in [2.75, 3.05) is 0 Å². The molecule has 1 amide bonds. The molecule has 2 aromatic rings. The molecule has 2 nitrogen and oxygen atoms in total. The van der Waals surface area contributed by atoms with E-state index in [1.807, 2.05) is 75.4 Å². The van der Waals surface area contributed by atoms with Crippen LogP contribution in [0.5, 0.6) is 0 Å². The molecule has 0 aliphatic heterocycles. The quantitative estimate of drug-likeness (QED) is 0.837. The normalized spacial score (nSPS) is 12.8. The Morgan fingerprint density at radius 2 is 1.62 bits per heavy atom. The molecular formula is C18H20ClNO. The first-order chi connectivity index (χ1) is 9.90. The lowest BCUT2D eigenvalue weighted by molar-refractivity contribution is -0.122. The minimum Gasteiger partial charge on any atom is -0.346 e. The summed E-state index contributed by atoms with van der Waals surface area (Å²) in [7, 11) is 0. The minimum atomic E-state index is -0.684. The molecule has 0 aromatic heterocycles. The number of rotatable bonds is 4. The minimum absolute atomic E-state index is 0.187. The van der Waals surface area contributed by atoms with E-state index in [1.165, 1.54) is 5.56 Å². The molecule has 0 spiro atoms. The van der Waals surface area contributed by atoms with Crippen LogP contribution in [0.1, 0.15) is 35.9 Å². The van der Waals surface area contributed by atoms with E-state index in [4.69, 9.17) is 11.6 Å². The summed E-state index contributed by atoms with van der Waals surface area (Å²) in [5.41, 5.74) is 2.59. The second-order valence-corrected chi connectivity index (χ2v) is 6.19. The van der Waals surface area contributed by atoms with Crippen molar-refractivity contribution in [2.45, 2.75) is 31.7 Å². The third-order valence-corrected chi connectivity index (χ3v) is 3.98. The monoisotopic (exact) mass is 301 g/mol. The molecule has 0 aliphatic rings. The number of nitrogens with one attached hydrogen (secondary N) is 1. The second-order valence-electron chi connectivity index (χ2n) is 5.75. The maximum atomic E-state index is 12.4. The maximum Gasteiger partial charge on any atom is 0.243 e. The maximum absolute atomic E-state index is 12.4. The Labute approximate surface area is 131 Å². The lowest BCUT2D eigenvalue weighted by Crippen LogP contribution is -2.42. The number of amides is 1. The molecule has 0 fully saturated rings. The molecule has 0 heterocycles. The lowest BCUT2D eigenvalue weighted by Gasteiger charge is -2.28. The van der Waals surface area contributed by atoms with Gasteiger partial charge in [0, 0.05) is 0 Å². The first-order valence-electron chi connectivity index (χ1n) is 6.98. The van der Waals surface area contributed by atoms with Crippen molar-refractivity contribution in [1.82, 2.24) is 5.32 Å². The molecule has 2 rings (SSSR count). The lowest BCUT2D eigenvalue weighted by atomic mass is 9.93. The summed E-state index contributed by atoms with van der Waals surface area (Å²) in [4.78, 5) is 12.4. The zero-order valence-corrected chi connectivity index (χ0v) is 13.3. The van der Waals surface area contributed by atoms with E-state index in [-0.39, 0.29) is 5.91 Å². The highest BCUT2D eigenvalue weighted by Gasteiger charge is 2.26. The number of hydrogen-bond donors (Lipinski definition) is 1. The van der Waals surface area contributed by atoms with E-state index >= 15 is 0 Å². The van der Waals surface area contributed by atoms with Gasteiger partial charge >= 0.3 is 0 Å². The number of benzene rings is 2. The number of aryl methyl sites for hydroxylation is 1. The first kappa shape index (κ1) is 15.6. The molecule has 3 heteroatoms. The van der Waals surface area contributed by atoms with E-state index in [1.54, 1.807) is 0 Å². The van der Waals surface area contributed by atoms with Crippen LogP contribution in [0.15, 0.2) is 54.6 Å². The molecule has 1 N–H and O–H groups in total. The van der Waals surface area contributed by atoms with Gasteiger partial charge in [-0.2, -0.15) is 0 Å². The Morgan fingerprint density at radius 1 is 1.05 bits per heavy atom. The van der Waals surface area contributed by atoms with Crippen molar-refractivity contribution in [3.05, 3.63) is 71.3 Å². The fourth-order valence-electron chi connectivity index (χ4n) is 2.19. The third kappa shape index (κ3) is 3.85. The average molecular weight is 302 g/mol. The Hall–Kier alpha value is -1.80. The van der Waals surface area contributed by atoms with Crippen LogP contribution < -0.4 is 5.32 Å². The van der Waals surface area contributed by atoms with Crippen LogP contribution in [0.25, 0.3) is 0 Å². The molecule has 0 aliphatic carbocycles. The van der Waals surface area contributed by atoms with Gasteiger partial charge in [-0.05, 0) is 31.9 Å². The van der Waals surface area contributed by atoms with Crippen molar-refractivity contribution in [1.29, 1.82) is 0 Å². The van der Waals surface area contributed by atoms with E-state index in [2.05, 4.69) is 5.32 Å². The topological polar surface area (TPSA) is 29.1 Å². The van der Waals surface area contributed by atoms with Crippen molar-refractivity contribution in [3.8, 4) is 0 Å². The summed E-state index contributed by atoms with van der Waals surface area (Å²) >= 11 is 6.26. The van der Waals surface area contributed by atoms with E-state index in [0.717, 1.165) is 11.1 Å². The standard InChI is InChI=1S/C18H20ClNO/c1-13-9-11-15(12-10-13)18(2,3)20-17(21)16(19)14-7-5-4-6-8-14/h4-12,16H,1-3H3,(H,20,21). The summed E-state index contributed by atoms with van der Waals surface area (Å²) in [5.74, 6) is -0.187. The fourth-order valence-corrected chi connectivity index (χ4v) is 2.39. The SMILES string of the molecule is Cc1ccc(C(C)(C)NC(=O)C(Cl)c2ccccc2)cc1. The summed E-state index contributed by atoms with van der Waals surface area (Å²) < 4.78 is 0. The summed E-state index contributed by atoms with van der Waals surface area (Å²) in [6.07, 6.45) is 0. The first-order valence-corrected chi connectivity index (χ1v) is 7.42. The molecule has 0 radical (unpaired) electrons. The van der Waals surface area contributed by atoms with Gasteiger partial charge in [-0.1, -0.05) is 60.2 Å². The van der Waals surface area contributed by atoms with Crippen molar-refractivity contribution >= 4 is 17.5 Å². The molecule has 0 saturated heterocycles. The van der Waals surface area contributed by atoms with Crippen molar-refractivity contribution in [2.24, 2.45) is 0 Å². The predicted octanol–water partition coefficient (Wildman–Crippen LogP) is 4.33. The molecule has 110 valence electrons. The van der Waals surface area contributed by atoms with Gasteiger partial charge in [-0.3, -0.25) is 4.79 Å². The van der Waals surface area contributed by atoms with Crippen molar-refractivity contribution in [3.63, 3.8) is 0 Å². The van der Waals surface area contributed by atoms with Gasteiger partial charge in [0.1, 0.15) is 5.38 Å². The Kier molecular flexibility index (Phi) is 4.69. The van der Waals surface area contributed by atoms with Crippen LogP contribution in [-0.4, -0.2) is 5.91 Å². The Morgan fingerprint density at radius 3 is 2.19 bits per heavy atom. The largest absolute Gasteiger partial charge is 0.346 e. The van der Waals surface area contributed by atoms with E-state index in [9.17, 15) is 4.79 Å². The number of hydrogen-bond acceptors (Lipinski definition) is 1. The van der Waals surface area contributed by atoms with Gasteiger partial charge < -0.3 is 5.32 Å². The highest BCUT2D eigenvalue weighted by molar-refractivity contribution is 6.30. The third-order valence-electron chi connectivity index (χ3n) is 3.53. The number of carbonyl (C=O) groups is 1. The highest BCUT2D eigenvalue weighted by atomic mass is 35.5. The van der Waals surface area contributed by atoms with Crippen LogP contribution in [-0.2, 0) is 10.3 Å². The van der Waals surface area contributed by atoms with Gasteiger partial charge in [0.2, 0.25) is 5.91 Å². The van der Waals surface area contributed by atoms with E-state index in [0.29, 0.717) is 0 Å². The van der Waals surface area contributed by atoms with Crippen molar-refractivity contribution < 1.29 is 4.79 Å². The van der Waals surface area contributed by atoms with Crippen LogP contribution in [0.4, 0.5) is 0 Å². The van der Waals surface area contributed by atoms with Crippen LogP contribution in [0.3, 0.4) is 0 Å². The molecular weight excluding hydrogens is 282 g/mol. The van der Waals surface area contributed by atoms with Crippen LogP contribution >= 0.6 is 11.6 Å². The molecule has 2 aromatic carbocycles. The van der Waals surface area contributed by atoms with Gasteiger partial charge in [0.05, 0.1) is 5.54 Å². The molecule has 0 saturated carbocycles. The van der Waals surface area contributed by atoms with Crippen LogP contribution in [0.2, 0.25) is 0 Å². The molecule has 1 atom stereocenters. The van der Waals surface area contributed by atoms with Gasteiger partial charge in [0.25, 0.3) is 0 Å². The predicted molar refractivity (Wildman–Crippen MR) is 87.4 cm³/mol. The fraction of sp³-hybridized carbons (Fsp3) is 0.278. The summed E-state index contributed by atoms with van der Waals surface area (Å²) in [6.45, 7) is 5.99. The van der Waals surface area contributed by atoms with Gasteiger partial charge in [0.15, 0.2) is 0 Å². The molecule has 1 unspecified atom stereocenters. The molecule has 0 bridgehead atoms. The zero-order chi connectivity index (χ0) is 15.5. The Bertz CT molecular complexity index is 605. The zero-order valence-electron chi connectivity index (χ0n) is 12.6. The van der Waals surface area contributed by atoms with Crippen LogP contribution in [0, 0.1) is 6.92 Å². The highest BCUT2D eigenvalue weighted by Crippen LogP contribution is 2.25. The number of carbonyl (C=O) groups excluding carboxylic acids is 1. The second kappa shape index (κ2) is 6.31. The van der Waals surface area contributed by atoms with E-state index < -0.39 is 10.9 Å². The number of alkyl halides is 1. The Balaban J connectivity index is 2.12. The van der Waals surface area contributed by atoms with Gasteiger partial charge in [-0.15, -0.1) is 11.6 Å². The average Bonchev–Trinajstić information content (AvgIpc) is 2.47. The summed E-state index contributed by atoms with van der Waals surface area (Å²) in [5, 5.41) is 2.34.